The average molecular weight is 188 g/mol. The molecule has 14 heavy (non-hydrogen) atoms. The molecule has 2 rings (SSSR count). The number of nitrogens with two attached hydrogens (primary N) is 1. The number of benzene rings is 1. The van der Waals surface area contributed by atoms with Gasteiger partial charge in [0, 0.05) is 17.8 Å². The highest BCUT2D eigenvalue weighted by Crippen LogP contribution is 2.21. The normalized spacial score (nSPS) is 13.1. The van der Waals surface area contributed by atoms with E-state index in [1.807, 2.05) is 25.1 Å². The first-order chi connectivity index (χ1) is 6.68. The minimum absolute atomic E-state index is 0.755. The number of aliphatic hydroxyl groups excluding tert-OH is 1. The van der Waals surface area contributed by atoms with Gasteiger partial charge in [0.25, 0.3) is 0 Å². The summed E-state index contributed by atoms with van der Waals surface area (Å²) in [7, 11) is 0. The lowest BCUT2D eigenvalue weighted by molar-refractivity contribution is 0.185. The lowest BCUT2D eigenvalue weighted by atomic mass is 10.0. The second kappa shape index (κ2) is 3.36. The lowest BCUT2D eigenvalue weighted by Crippen LogP contribution is -2.10. The maximum absolute atomic E-state index is 9.32. The van der Waals surface area contributed by atoms with Crippen molar-refractivity contribution in [2.24, 2.45) is 5.73 Å². The Balaban J connectivity index is 2.71. The van der Waals surface area contributed by atoms with Gasteiger partial charge in [-0.25, -0.2) is 0 Å². The summed E-state index contributed by atoms with van der Waals surface area (Å²) in [5.74, 6) is 0. The molecule has 3 N–H and O–H groups in total. The monoisotopic (exact) mass is 188 g/mol. The van der Waals surface area contributed by atoms with Crippen molar-refractivity contribution < 1.29 is 5.11 Å². The van der Waals surface area contributed by atoms with Crippen molar-refractivity contribution in [3.05, 3.63) is 41.7 Å². The number of hydrogen-bond donors (Lipinski definition) is 2. The smallest absolute Gasteiger partial charge is 0.128 e. The molecule has 0 amide bonds. The van der Waals surface area contributed by atoms with Gasteiger partial charge in [0.1, 0.15) is 6.23 Å². The largest absolute Gasteiger partial charge is 0.375 e. The summed E-state index contributed by atoms with van der Waals surface area (Å²) in [6.45, 7) is 1.94. The van der Waals surface area contributed by atoms with Crippen LogP contribution in [0.25, 0.3) is 10.8 Å². The predicted octanol–water partition coefficient (Wildman–Crippen LogP) is 1.49. The maximum atomic E-state index is 9.32. The first-order valence-electron chi connectivity index (χ1n) is 4.46. The van der Waals surface area contributed by atoms with Crippen LogP contribution in [-0.2, 0) is 0 Å². The van der Waals surface area contributed by atoms with Gasteiger partial charge >= 0.3 is 0 Å². The lowest BCUT2D eigenvalue weighted by Gasteiger charge is -2.10. The fourth-order valence-electron chi connectivity index (χ4n) is 1.59. The van der Waals surface area contributed by atoms with E-state index < -0.39 is 6.23 Å². The van der Waals surface area contributed by atoms with Crippen LogP contribution >= 0.6 is 0 Å². The van der Waals surface area contributed by atoms with Crippen LogP contribution in [0.1, 0.15) is 17.4 Å². The average Bonchev–Trinajstić information content (AvgIpc) is 2.16. The fraction of sp³-hybridized carbons (Fsp3) is 0.182. The van der Waals surface area contributed by atoms with Crippen molar-refractivity contribution in [2.45, 2.75) is 13.2 Å². The molecule has 0 spiro atoms. The minimum Gasteiger partial charge on any atom is -0.375 e. The van der Waals surface area contributed by atoms with Crippen LogP contribution in [0.3, 0.4) is 0 Å². The molecule has 72 valence electrons. The summed E-state index contributed by atoms with van der Waals surface area (Å²) in [5.41, 5.74) is 7.19. The molecule has 3 nitrogen and oxygen atoms in total. The highest BCUT2D eigenvalue weighted by molar-refractivity contribution is 5.83. The quantitative estimate of drug-likeness (QED) is 0.666. The molecule has 1 aromatic carbocycles. The van der Waals surface area contributed by atoms with Crippen molar-refractivity contribution in [1.82, 2.24) is 4.98 Å². The zero-order valence-corrected chi connectivity index (χ0v) is 7.94. The zero-order chi connectivity index (χ0) is 10.1. The molecule has 1 aromatic heterocycles. The van der Waals surface area contributed by atoms with E-state index in [0.29, 0.717) is 0 Å². The Morgan fingerprint density at radius 3 is 2.86 bits per heavy atom. The number of fused-ring (bicyclic) bond motifs is 1. The van der Waals surface area contributed by atoms with Gasteiger partial charge in [-0.3, -0.25) is 4.98 Å². The zero-order valence-electron chi connectivity index (χ0n) is 7.94. The molecule has 0 saturated heterocycles. The third-order valence-corrected chi connectivity index (χ3v) is 2.34. The van der Waals surface area contributed by atoms with Crippen LogP contribution < -0.4 is 5.73 Å². The summed E-state index contributed by atoms with van der Waals surface area (Å²) in [6, 6.07) is 5.82. The molecule has 3 heteroatoms. The van der Waals surface area contributed by atoms with E-state index in [9.17, 15) is 5.11 Å². The first kappa shape index (κ1) is 9.12. The van der Waals surface area contributed by atoms with E-state index in [4.69, 9.17) is 5.73 Å². The highest BCUT2D eigenvalue weighted by Gasteiger charge is 2.06. The van der Waals surface area contributed by atoms with Crippen LogP contribution in [0, 0.1) is 6.92 Å². The number of rotatable bonds is 1. The fourth-order valence-corrected chi connectivity index (χ4v) is 1.59. The van der Waals surface area contributed by atoms with Gasteiger partial charge in [-0.2, -0.15) is 0 Å². The number of aryl methyl sites for hydroxylation is 1. The Kier molecular flexibility index (Phi) is 2.19. The van der Waals surface area contributed by atoms with Gasteiger partial charge in [0.2, 0.25) is 0 Å². The van der Waals surface area contributed by atoms with E-state index in [0.717, 1.165) is 21.9 Å². The van der Waals surface area contributed by atoms with E-state index in [-0.39, 0.29) is 0 Å². The van der Waals surface area contributed by atoms with Crippen LogP contribution in [0.15, 0.2) is 30.6 Å². The predicted molar refractivity (Wildman–Crippen MR) is 55.6 cm³/mol. The SMILES string of the molecule is Cc1cc2ccncc2cc1C(N)O. The molecule has 0 aliphatic heterocycles. The molecule has 2 aromatic rings. The van der Waals surface area contributed by atoms with E-state index in [1.54, 1.807) is 12.4 Å². The molecule has 0 fully saturated rings. The van der Waals surface area contributed by atoms with Gasteiger partial charge in [-0.15, -0.1) is 0 Å². The number of aromatic nitrogens is 1. The second-order valence-corrected chi connectivity index (χ2v) is 3.38. The summed E-state index contributed by atoms with van der Waals surface area (Å²) >= 11 is 0. The molecular formula is C11H12N2O. The van der Waals surface area contributed by atoms with Crippen molar-refractivity contribution in [3.8, 4) is 0 Å². The molecule has 0 bridgehead atoms. The van der Waals surface area contributed by atoms with Crippen LogP contribution in [0.4, 0.5) is 0 Å². The number of nitrogens with zero attached hydrogens (tertiary/aromatic N) is 1. The standard InChI is InChI=1S/C11H12N2O/c1-7-4-8-2-3-13-6-9(8)5-10(7)11(12)14/h2-6,11,14H,12H2,1H3. The summed E-state index contributed by atoms with van der Waals surface area (Å²) in [6.07, 6.45) is 2.60. The third-order valence-electron chi connectivity index (χ3n) is 2.34. The van der Waals surface area contributed by atoms with Crippen molar-refractivity contribution in [1.29, 1.82) is 0 Å². The van der Waals surface area contributed by atoms with Gasteiger partial charge in [-0.1, -0.05) is 6.07 Å². The number of hydrogen-bond acceptors (Lipinski definition) is 3. The molecule has 1 atom stereocenters. The Hall–Kier alpha value is -1.45. The molecule has 0 aliphatic carbocycles. The molecule has 0 saturated carbocycles. The number of aliphatic hydroxyl groups is 1. The van der Waals surface area contributed by atoms with Gasteiger partial charge in [-0.05, 0) is 35.6 Å². The van der Waals surface area contributed by atoms with Crippen LogP contribution in [-0.4, -0.2) is 10.1 Å². The minimum atomic E-state index is -0.917. The Morgan fingerprint density at radius 2 is 2.14 bits per heavy atom. The molecule has 1 unspecified atom stereocenters. The van der Waals surface area contributed by atoms with E-state index in [1.165, 1.54) is 0 Å². The van der Waals surface area contributed by atoms with E-state index in [2.05, 4.69) is 4.98 Å². The Morgan fingerprint density at radius 1 is 1.36 bits per heavy atom. The Labute approximate surface area is 82.2 Å². The van der Waals surface area contributed by atoms with Crippen LogP contribution in [0.5, 0.6) is 0 Å². The summed E-state index contributed by atoms with van der Waals surface area (Å²) < 4.78 is 0. The third kappa shape index (κ3) is 1.47. The summed E-state index contributed by atoms with van der Waals surface area (Å²) in [4.78, 5) is 4.02. The van der Waals surface area contributed by atoms with Gasteiger partial charge in [0.15, 0.2) is 0 Å². The van der Waals surface area contributed by atoms with E-state index >= 15 is 0 Å². The summed E-state index contributed by atoms with van der Waals surface area (Å²) in [5, 5.41) is 11.4. The highest BCUT2D eigenvalue weighted by atomic mass is 16.3. The Bertz CT molecular complexity index is 466. The molecule has 1 heterocycles. The molecule has 0 radical (unpaired) electrons. The first-order valence-corrected chi connectivity index (χ1v) is 4.46. The van der Waals surface area contributed by atoms with Crippen molar-refractivity contribution in [3.63, 3.8) is 0 Å². The topological polar surface area (TPSA) is 59.1 Å². The van der Waals surface area contributed by atoms with Crippen molar-refractivity contribution >= 4 is 10.8 Å². The van der Waals surface area contributed by atoms with Gasteiger partial charge < -0.3 is 10.8 Å². The maximum Gasteiger partial charge on any atom is 0.128 e. The van der Waals surface area contributed by atoms with Crippen molar-refractivity contribution in [2.75, 3.05) is 0 Å². The molecule has 0 aliphatic rings. The van der Waals surface area contributed by atoms with Gasteiger partial charge in [0.05, 0.1) is 0 Å². The second-order valence-electron chi connectivity index (χ2n) is 3.38. The van der Waals surface area contributed by atoms with Crippen LogP contribution in [0.2, 0.25) is 0 Å². The molecular weight excluding hydrogens is 176 g/mol. The number of pyridine rings is 1.